The van der Waals surface area contributed by atoms with Gasteiger partial charge >= 0.3 is 12.1 Å². The molecule has 2 aliphatic heterocycles. The Morgan fingerprint density at radius 1 is 1.15 bits per heavy atom. The molecule has 1 aromatic carbocycles. The van der Waals surface area contributed by atoms with E-state index in [1.807, 2.05) is 0 Å². The molecule has 2 heterocycles. The van der Waals surface area contributed by atoms with Crippen LogP contribution in [0.4, 0.5) is 9.59 Å². The molecule has 2 aliphatic rings. The number of amides is 5. The number of hydrogen-bond donors (Lipinski definition) is 4. The van der Waals surface area contributed by atoms with Crippen molar-refractivity contribution in [2.75, 3.05) is 19.7 Å². The number of benzene rings is 1. The van der Waals surface area contributed by atoms with Crippen molar-refractivity contribution in [1.29, 1.82) is 0 Å². The summed E-state index contributed by atoms with van der Waals surface area (Å²) in [5, 5.41) is 13.0. The fraction of sp³-hybridized carbons (Fsp3) is 0.545. The summed E-state index contributed by atoms with van der Waals surface area (Å²) in [4.78, 5) is 49.9. The minimum absolute atomic E-state index is 0.0598. The van der Waals surface area contributed by atoms with Gasteiger partial charge in [-0.15, -0.1) is 0 Å². The predicted octanol–water partition coefficient (Wildman–Crippen LogP) is 0.938. The molecule has 0 spiro atoms. The van der Waals surface area contributed by atoms with Crippen molar-refractivity contribution in [3.8, 4) is 5.75 Å². The molecular weight excluding hydrogens is 446 g/mol. The number of hydrogen-bond acceptors (Lipinski definition) is 7. The lowest BCUT2D eigenvalue weighted by molar-refractivity contribution is -0.131. The first-order valence-corrected chi connectivity index (χ1v) is 11.1. The van der Waals surface area contributed by atoms with Crippen LogP contribution in [0, 0.1) is 0 Å². The van der Waals surface area contributed by atoms with Crippen LogP contribution in [0.3, 0.4) is 0 Å². The highest BCUT2D eigenvalue weighted by molar-refractivity contribution is 5.90. The van der Waals surface area contributed by atoms with Crippen molar-refractivity contribution >= 4 is 23.9 Å². The zero-order valence-corrected chi connectivity index (χ0v) is 19.5. The number of para-hydroxylation sites is 1. The number of hydroxylamine groups is 2. The van der Waals surface area contributed by atoms with E-state index in [1.54, 1.807) is 45.0 Å². The Bertz CT molecular complexity index is 932. The van der Waals surface area contributed by atoms with E-state index in [0.29, 0.717) is 29.2 Å². The van der Waals surface area contributed by atoms with Gasteiger partial charge in [0.2, 0.25) is 5.91 Å². The van der Waals surface area contributed by atoms with Gasteiger partial charge in [0, 0.05) is 12.1 Å². The lowest BCUT2D eigenvalue weighted by atomic mass is 10.0. The highest BCUT2D eigenvalue weighted by Crippen LogP contribution is 2.28. The third kappa shape index (κ3) is 6.50. The monoisotopic (exact) mass is 477 g/mol. The maximum absolute atomic E-state index is 12.5. The summed E-state index contributed by atoms with van der Waals surface area (Å²) in [6.07, 6.45) is 0.285. The molecule has 0 aliphatic carbocycles. The van der Waals surface area contributed by atoms with E-state index in [-0.39, 0.29) is 32.2 Å². The van der Waals surface area contributed by atoms with E-state index >= 15 is 0 Å². The number of nitrogens with one attached hydrogen (secondary N) is 3. The van der Waals surface area contributed by atoms with Gasteiger partial charge in [0.1, 0.15) is 24.0 Å². The topological polar surface area (TPSA) is 150 Å². The second kappa shape index (κ2) is 10.6. The lowest BCUT2D eigenvalue weighted by Gasteiger charge is -2.29. The summed E-state index contributed by atoms with van der Waals surface area (Å²) in [5.74, 6) is -0.520. The molecule has 186 valence electrons. The maximum atomic E-state index is 12.5. The molecule has 12 nitrogen and oxygen atoms in total. The van der Waals surface area contributed by atoms with Crippen LogP contribution < -0.4 is 20.9 Å². The molecule has 12 heteroatoms. The number of nitrogens with zero attached hydrogens (tertiary/aromatic N) is 2. The van der Waals surface area contributed by atoms with Gasteiger partial charge in [0.25, 0.3) is 5.91 Å². The van der Waals surface area contributed by atoms with Crippen LogP contribution in [0.5, 0.6) is 5.75 Å². The largest absolute Gasteiger partial charge is 0.491 e. The van der Waals surface area contributed by atoms with Crippen LogP contribution >= 0.6 is 0 Å². The predicted molar refractivity (Wildman–Crippen MR) is 119 cm³/mol. The van der Waals surface area contributed by atoms with Crippen LogP contribution in [0.25, 0.3) is 0 Å². The Morgan fingerprint density at radius 3 is 2.62 bits per heavy atom. The Morgan fingerprint density at radius 2 is 1.88 bits per heavy atom. The number of carbonyl (C=O) groups excluding carboxylic acids is 4. The smallest absolute Gasteiger partial charge is 0.407 e. The van der Waals surface area contributed by atoms with Gasteiger partial charge in [-0.05, 0) is 39.7 Å². The van der Waals surface area contributed by atoms with Gasteiger partial charge in [-0.25, -0.2) is 14.7 Å². The molecule has 2 bridgehead atoms. The van der Waals surface area contributed by atoms with Crippen molar-refractivity contribution in [3.63, 3.8) is 0 Å². The van der Waals surface area contributed by atoms with Crippen LogP contribution in [0.1, 0.15) is 39.2 Å². The molecule has 2 atom stereocenters. The molecule has 3 rings (SSSR count). The number of fused-ring (bicyclic) bond motifs is 2. The lowest BCUT2D eigenvalue weighted by Crippen LogP contribution is -2.54. The van der Waals surface area contributed by atoms with Crippen molar-refractivity contribution in [2.24, 2.45) is 0 Å². The average Bonchev–Trinajstić information content (AvgIpc) is 2.99. The van der Waals surface area contributed by atoms with E-state index in [0.717, 1.165) is 0 Å². The maximum Gasteiger partial charge on any atom is 0.407 e. The number of rotatable bonds is 7. The summed E-state index contributed by atoms with van der Waals surface area (Å²) in [5.41, 5.74) is 4.72. The SMILES string of the molecule is CC(C)(C)OC(=O)NCCOc1ccccc1CC(=O)NNC(=O)[C@@H]1CC[C@@H]2CN1C(=O)N2O. The van der Waals surface area contributed by atoms with E-state index < -0.39 is 35.6 Å². The number of piperidine rings is 1. The van der Waals surface area contributed by atoms with Gasteiger partial charge in [-0.2, -0.15) is 0 Å². The van der Waals surface area contributed by atoms with Gasteiger partial charge < -0.3 is 19.7 Å². The van der Waals surface area contributed by atoms with Crippen LogP contribution in [-0.2, 0) is 20.7 Å². The molecule has 4 N–H and O–H groups in total. The van der Waals surface area contributed by atoms with Crippen LogP contribution in [-0.4, -0.2) is 76.5 Å². The first kappa shape index (κ1) is 25.1. The molecule has 1 aromatic rings. The van der Waals surface area contributed by atoms with Gasteiger partial charge in [-0.3, -0.25) is 25.6 Å². The number of ether oxygens (including phenoxy) is 2. The van der Waals surface area contributed by atoms with Crippen LogP contribution in [0.2, 0.25) is 0 Å². The Kier molecular flexibility index (Phi) is 7.82. The van der Waals surface area contributed by atoms with E-state index in [1.165, 1.54) is 4.90 Å². The number of alkyl carbamates (subject to hydrolysis) is 1. The Hall–Kier alpha value is -3.54. The number of urea groups is 1. The normalized spacial score (nSPS) is 19.5. The first-order valence-electron chi connectivity index (χ1n) is 11.1. The average molecular weight is 478 g/mol. The Balaban J connectivity index is 1.44. The fourth-order valence-electron chi connectivity index (χ4n) is 3.77. The summed E-state index contributed by atoms with van der Waals surface area (Å²) in [7, 11) is 0. The molecule has 0 radical (unpaired) electrons. The van der Waals surface area contributed by atoms with Crippen molar-refractivity contribution < 1.29 is 33.9 Å². The second-order valence-corrected chi connectivity index (χ2v) is 9.13. The third-order valence-electron chi connectivity index (χ3n) is 5.32. The van der Waals surface area contributed by atoms with Crippen LogP contribution in [0.15, 0.2) is 24.3 Å². The molecule has 0 aromatic heterocycles. The van der Waals surface area contributed by atoms with E-state index in [2.05, 4.69) is 16.2 Å². The summed E-state index contributed by atoms with van der Waals surface area (Å²) < 4.78 is 10.8. The quantitative estimate of drug-likeness (QED) is 0.259. The van der Waals surface area contributed by atoms with Crippen molar-refractivity contribution in [3.05, 3.63) is 29.8 Å². The molecule has 0 unspecified atom stereocenters. The first-order chi connectivity index (χ1) is 16.0. The third-order valence-corrected chi connectivity index (χ3v) is 5.32. The minimum atomic E-state index is -0.755. The second-order valence-electron chi connectivity index (χ2n) is 9.13. The highest BCUT2D eigenvalue weighted by Gasteiger charge is 2.46. The molecule has 5 amide bonds. The summed E-state index contributed by atoms with van der Waals surface area (Å²) in [6, 6.07) is 5.27. The summed E-state index contributed by atoms with van der Waals surface area (Å²) in [6.45, 7) is 5.97. The number of carbonyl (C=O) groups is 4. The molecule has 2 fully saturated rings. The van der Waals surface area contributed by atoms with Crippen molar-refractivity contribution in [2.45, 2.75) is 57.7 Å². The standard InChI is InChI=1S/C22H31N5O7/c1-22(2,3)34-20(30)23-10-11-33-17-7-5-4-6-14(17)12-18(28)24-25-19(29)16-9-8-15-13-26(16)21(31)27(15)32/h4-7,15-16,32H,8-13H2,1-3H3,(H,23,30)(H,24,28)(H,25,29)/t15-,16+/m1/s1. The fourth-order valence-corrected chi connectivity index (χ4v) is 3.77. The zero-order chi connectivity index (χ0) is 24.9. The van der Waals surface area contributed by atoms with Crippen molar-refractivity contribution in [1.82, 2.24) is 26.1 Å². The molecule has 34 heavy (non-hydrogen) atoms. The summed E-state index contributed by atoms with van der Waals surface area (Å²) >= 11 is 0. The van der Waals surface area contributed by atoms with E-state index in [9.17, 15) is 24.4 Å². The van der Waals surface area contributed by atoms with Gasteiger partial charge in [0.05, 0.1) is 19.0 Å². The van der Waals surface area contributed by atoms with Gasteiger partial charge in [-0.1, -0.05) is 18.2 Å². The zero-order valence-electron chi connectivity index (χ0n) is 19.5. The molecule has 2 saturated heterocycles. The highest BCUT2D eigenvalue weighted by atomic mass is 16.6. The number of hydrazine groups is 1. The minimum Gasteiger partial charge on any atom is -0.491 e. The Labute approximate surface area is 197 Å². The van der Waals surface area contributed by atoms with E-state index in [4.69, 9.17) is 9.47 Å². The molecule has 0 saturated carbocycles. The molecular formula is C22H31N5O7. The van der Waals surface area contributed by atoms with Gasteiger partial charge in [0.15, 0.2) is 0 Å².